The third-order valence-electron chi connectivity index (χ3n) is 1.92. The maximum atomic E-state index is 10.5. The van der Waals surface area contributed by atoms with Gasteiger partial charge in [0.15, 0.2) is 0 Å². The van der Waals surface area contributed by atoms with Gasteiger partial charge in [0, 0.05) is 12.5 Å². The molecule has 0 aromatic heterocycles. The lowest BCUT2D eigenvalue weighted by Crippen LogP contribution is -1.97. The molecule has 0 spiro atoms. The average Bonchev–Trinajstić information content (AvgIpc) is 2.20. The van der Waals surface area contributed by atoms with Gasteiger partial charge in [-0.25, -0.2) is 0 Å². The Morgan fingerprint density at radius 3 is 2.73 bits per heavy atom. The molecule has 0 unspecified atom stereocenters. The first-order valence-electron chi connectivity index (χ1n) is 4.08. The van der Waals surface area contributed by atoms with Crippen LogP contribution in [0.1, 0.15) is 5.56 Å². The van der Waals surface area contributed by atoms with E-state index in [4.69, 9.17) is 4.74 Å². The molecule has 6 heteroatoms. The number of nitrogens with zero attached hydrogens (tertiary/aromatic N) is 1. The molecule has 1 N–H and O–H groups in total. The van der Waals surface area contributed by atoms with Gasteiger partial charge >= 0.3 is 5.69 Å². The molecule has 0 fully saturated rings. The molecule has 0 heterocycles. The summed E-state index contributed by atoms with van der Waals surface area (Å²) in [7, 11) is 1.36. The summed E-state index contributed by atoms with van der Waals surface area (Å²) in [5, 5.41) is 20.0. The van der Waals surface area contributed by atoms with Gasteiger partial charge < -0.3 is 14.6 Å². The van der Waals surface area contributed by atoms with Crippen LogP contribution in [0.4, 0.5) is 5.69 Å². The van der Waals surface area contributed by atoms with E-state index in [2.05, 4.69) is 0 Å². The third-order valence-corrected chi connectivity index (χ3v) is 1.92. The standard InChI is InChI=1S/C9H9NO5/c1-15-8-3-2-7(10(13)14)9(12)6(8)4-5-11/h2-3,5,12H,4H2,1H3. The van der Waals surface area contributed by atoms with Crippen LogP contribution in [0.2, 0.25) is 0 Å². The lowest BCUT2D eigenvalue weighted by Gasteiger charge is -2.07. The Morgan fingerprint density at radius 2 is 2.27 bits per heavy atom. The second-order valence-corrected chi connectivity index (χ2v) is 2.74. The van der Waals surface area contributed by atoms with E-state index < -0.39 is 16.4 Å². The molecule has 0 atom stereocenters. The van der Waals surface area contributed by atoms with E-state index in [-0.39, 0.29) is 17.7 Å². The number of carbonyl (C=O) groups is 1. The topological polar surface area (TPSA) is 89.7 Å². The molecular formula is C9H9NO5. The Bertz CT molecular complexity index is 402. The summed E-state index contributed by atoms with van der Waals surface area (Å²) in [5.74, 6) is -0.267. The van der Waals surface area contributed by atoms with Crippen molar-refractivity contribution in [3.05, 3.63) is 27.8 Å². The largest absolute Gasteiger partial charge is 0.502 e. The van der Waals surface area contributed by atoms with Crippen molar-refractivity contribution in [2.75, 3.05) is 7.11 Å². The van der Waals surface area contributed by atoms with Gasteiger partial charge in [-0.05, 0) is 6.07 Å². The molecule has 0 saturated carbocycles. The maximum Gasteiger partial charge on any atom is 0.311 e. The van der Waals surface area contributed by atoms with Gasteiger partial charge in [0.2, 0.25) is 5.75 Å². The minimum atomic E-state index is -0.719. The fraction of sp³-hybridized carbons (Fsp3) is 0.222. The molecule has 1 rings (SSSR count). The summed E-state index contributed by atoms with van der Waals surface area (Å²) in [5.41, 5.74) is -0.311. The van der Waals surface area contributed by atoms with Crippen molar-refractivity contribution >= 4 is 12.0 Å². The monoisotopic (exact) mass is 211 g/mol. The maximum absolute atomic E-state index is 10.5. The molecule has 80 valence electrons. The number of hydrogen-bond donors (Lipinski definition) is 1. The Labute approximate surface area is 85.2 Å². The summed E-state index contributed by atoms with van der Waals surface area (Å²) in [4.78, 5) is 20.1. The van der Waals surface area contributed by atoms with Crippen LogP contribution in [-0.4, -0.2) is 23.4 Å². The molecule has 1 aromatic rings. The third kappa shape index (κ3) is 2.04. The van der Waals surface area contributed by atoms with Gasteiger partial charge in [-0.2, -0.15) is 0 Å². The summed E-state index contributed by atoms with van der Waals surface area (Å²) in [6.45, 7) is 0. The minimum Gasteiger partial charge on any atom is -0.502 e. The highest BCUT2D eigenvalue weighted by atomic mass is 16.6. The van der Waals surface area contributed by atoms with E-state index in [0.717, 1.165) is 6.07 Å². The van der Waals surface area contributed by atoms with Gasteiger partial charge in [0.25, 0.3) is 0 Å². The Balaban J connectivity index is 3.34. The van der Waals surface area contributed by atoms with Crippen LogP contribution in [0.15, 0.2) is 12.1 Å². The number of benzene rings is 1. The molecule has 0 amide bonds. The molecule has 0 bridgehead atoms. The van der Waals surface area contributed by atoms with Gasteiger partial charge in [0.05, 0.1) is 17.6 Å². The number of hydrogen-bond acceptors (Lipinski definition) is 5. The van der Waals surface area contributed by atoms with Crippen LogP contribution in [0.3, 0.4) is 0 Å². The first-order valence-corrected chi connectivity index (χ1v) is 4.08. The fourth-order valence-corrected chi connectivity index (χ4v) is 1.22. The van der Waals surface area contributed by atoms with E-state index in [0.29, 0.717) is 6.29 Å². The second kappa shape index (κ2) is 4.41. The smallest absolute Gasteiger partial charge is 0.311 e. The van der Waals surface area contributed by atoms with Crippen molar-refractivity contribution in [2.24, 2.45) is 0 Å². The van der Waals surface area contributed by atoms with Crippen LogP contribution in [0, 0.1) is 10.1 Å². The van der Waals surface area contributed by atoms with E-state index in [1.54, 1.807) is 0 Å². The highest BCUT2D eigenvalue weighted by Crippen LogP contribution is 2.35. The molecule has 0 saturated heterocycles. The van der Waals surface area contributed by atoms with Crippen molar-refractivity contribution < 1.29 is 19.6 Å². The predicted molar refractivity (Wildman–Crippen MR) is 51.1 cm³/mol. The number of ether oxygens (including phenoxy) is 1. The Kier molecular flexibility index (Phi) is 3.22. The lowest BCUT2D eigenvalue weighted by atomic mass is 10.1. The first-order chi connectivity index (χ1) is 7.11. The van der Waals surface area contributed by atoms with E-state index >= 15 is 0 Å². The van der Waals surface area contributed by atoms with Gasteiger partial charge in [-0.3, -0.25) is 10.1 Å². The normalized spacial score (nSPS) is 9.67. The van der Waals surface area contributed by atoms with Crippen molar-refractivity contribution in [1.82, 2.24) is 0 Å². The number of phenolic OH excluding ortho intramolecular Hbond substituents is 1. The number of rotatable bonds is 4. The molecule has 15 heavy (non-hydrogen) atoms. The summed E-state index contributed by atoms with van der Waals surface area (Å²) in [6, 6.07) is 2.47. The summed E-state index contributed by atoms with van der Waals surface area (Å²) in [6.07, 6.45) is 0.415. The number of methoxy groups -OCH3 is 1. The van der Waals surface area contributed by atoms with Gasteiger partial charge in [-0.15, -0.1) is 0 Å². The van der Waals surface area contributed by atoms with E-state index in [1.807, 2.05) is 0 Å². The van der Waals surface area contributed by atoms with Crippen LogP contribution in [0.25, 0.3) is 0 Å². The van der Waals surface area contributed by atoms with E-state index in [1.165, 1.54) is 13.2 Å². The van der Waals surface area contributed by atoms with Crippen molar-refractivity contribution in [3.8, 4) is 11.5 Å². The van der Waals surface area contributed by atoms with Gasteiger partial charge in [-0.1, -0.05) is 0 Å². The molecule has 6 nitrogen and oxygen atoms in total. The molecular weight excluding hydrogens is 202 g/mol. The average molecular weight is 211 g/mol. The molecule has 0 aliphatic rings. The zero-order valence-electron chi connectivity index (χ0n) is 7.97. The summed E-state index contributed by atoms with van der Waals surface area (Å²) >= 11 is 0. The number of phenols is 1. The van der Waals surface area contributed by atoms with Crippen molar-refractivity contribution in [2.45, 2.75) is 6.42 Å². The summed E-state index contributed by atoms with van der Waals surface area (Å²) < 4.78 is 4.87. The SMILES string of the molecule is COc1ccc([N+](=O)[O-])c(O)c1CC=O. The van der Waals surface area contributed by atoms with E-state index in [9.17, 15) is 20.0 Å². The van der Waals surface area contributed by atoms with Crippen LogP contribution in [0.5, 0.6) is 11.5 Å². The van der Waals surface area contributed by atoms with Crippen LogP contribution in [-0.2, 0) is 11.2 Å². The molecule has 0 radical (unpaired) electrons. The van der Waals surface area contributed by atoms with Gasteiger partial charge in [0.1, 0.15) is 12.0 Å². The quantitative estimate of drug-likeness (QED) is 0.456. The zero-order valence-corrected chi connectivity index (χ0v) is 7.97. The molecule has 0 aliphatic carbocycles. The minimum absolute atomic E-state index is 0.127. The predicted octanol–water partition coefficient (Wildman–Crippen LogP) is 1.05. The van der Waals surface area contributed by atoms with Crippen molar-refractivity contribution in [3.63, 3.8) is 0 Å². The zero-order chi connectivity index (χ0) is 11.4. The number of nitro groups is 1. The second-order valence-electron chi connectivity index (χ2n) is 2.74. The number of nitro benzene ring substituents is 1. The Morgan fingerprint density at radius 1 is 1.60 bits per heavy atom. The highest BCUT2D eigenvalue weighted by Gasteiger charge is 2.20. The Hall–Kier alpha value is -2.11. The van der Waals surface area contributed by atoms with Crippen LogP contribution >= 0.6 is 0 Å². The first kappa shape index (κ1) is 11.0. The lowest BCUT2D eigenvalue weighted by molar-refractivity contribution is -0.385. The molecule has 0 aliphatic heterocycles. The highest BCUT2D eigenvalue weighted by molar-refractivity contribution is 5.65. The molecule has 1 aromatic carbocycles. The van der Waals surface area contributed by atoms with Crippen LogP contribution < -0.4 is 4.74 Å². The number of aldehydes is 1. The van der Waals surface area contributed by atoms with Crippen molar-refractivity contribution in [1.29, 1.82) is 0 Å². The number of carbonyl (C=O) groups excluding carboxylic acids is 1. The number of aromatic hydroxyl groups is 1. The fourth-order valence-electron chi connectivity index (χ4n) is 1.22.